The molecule has 0 heterocycles. The molecule has 0 spiro atoms. The van der Waals surface area contributed by atoms with Crippen molar-refractivity contribution in [1.82, 2.24) is 5.32 Å². The molecule has 0 bridgehead atoms. The highest BCUT2D eigenvalue weighted by atomic mass is 19.4. The Balaban J connectivity index is 2.08. The second kappa shape index (κ2) is 6.51. The summed E-state index contributed by atoms with van der Waals surface area (Å²) in [6.45, 7) is 0. The molecule has 0 radical (unpaired) electrons. The fraction of sp³-hybridized carbons (Fsp3) is 0.125. The van der Waals surface area contributed by atoms with Gasteiger partial charge in [0, 0.05) is 23.9 Å². The summed E-state index contributed by atoms with van der Waals surface area (Å²) in [5.74, 6) is -0.794. The molecule has 120 valence electrons. The lowest BCUT2D eigenvalue weighted by Crippen LogP contribution is -2.18. The fourth-order valence-corrected chi connectivity index (χ4v) is 1.86. The third-order valence-electron chi connectivity index (χ3n) is 3.11. The van der Waals surface area contributed by atoms with Gasteiger partial charge in [-0.2, -0.15) is 13.2 Å². The van der Waals surface area contributed by atoms with Gasteiger partial charge in [-0.15, -0.1) is 0 Å². The van der Waals surface area contributed by atoms with Crippen LogP contribution in [0.15, 0.2) is 48.5 Å². The van der Waals surface area contributed by atoms with E-state index in [1.54, 1.807) is 0 Å². The number of carbonyl (C=O) groups is 2. The van der Waals surface area contributed by atoms with E-state index in [9.17, 15) is 22.8 Å². The monoisotopic (exact) mass is 322 g/mol. The van der Waals surface area contributed by atoms with Crippen molar-refractivity contribution in [2.45, 2.75) is 6.18 Å². The average Bonchev–Trinajstić information content (AvgIpc) is 2.54. The van der Waals surface area contributed by atoms with Crippen LogP contribution in [0.5, 0.6) is 0 Å². The number of amides is 2. The van der Waals surface area contributed by atoms with E-state index in [0.717, 1.165) is 24.3 Å². The van der Waals surface area contributed by atoms with Crippen molar-refractivity contribution in [2.75, 3.05) is 12.4 Å². The van der Waals surface area contributed by atoms with Gasteiger partial charge >= 0.3 is 6.18 Å². The first-order chi connectivity index (χ1) is 10.8. The Morgan fingerprint density at radius 2 is 1.30 bits per heavy atom. The predicted molar refractivity (Wildman–Crippen MR) is 79.2 cm³/mol. The second-order valence-corrected chi connectivity index (χ2v) is 4.69. The van der Waals surface area contributed by atoms with Crippen molar-refractivity contribution in [1.29, 1.82) is 0 Å². The van der Waals surface area contributed by atoms with E-state index in [-0.39, 0.29) is 11.5 Å². The number of carbonyl (C=O) groups excluding carboxylic acids is 2. The molecular formula is C16H13F3N2O2. The maximum atomic E-state index is 12.5. The average molecular weight is 322 g/mol. The highest BCUT2D eigenvalue weighted by Crippen LogP contribution is 2.29. The SMILES string of the molecule is CNC(=O)c1ccc(NC(=O)c2ccc(C(F)(F)F)cc2)cc1. The molecule has 0 aliphatic carbocycles. The van der Waals surface area contributed by atoms with Crippen LogP contribution < -0.4 is 10.6 Å². The zero-order valence-corrected chi connectivity index (χ0v) is 12.1. The number of anilines is 1. The zero-order valence-electron chi connectivity index (χ0n) is 12.1. The molecule has 7 heteroatoms. The minimum atomic E-state index is -4.44. The highest BCUT2D eigenvalue weighted by molar-refractivity contribution is 6.04. The van der Waals surface area contributed by atoms with E-state index in [4.69, 9.17) is 0 Å². The Morgan fingerprint density at radius 3 is 1.78 bits per heavy atom. The van der Waals surface area contributed by atoms with Gasteiger partial charge in [0.05, 0.1) is 5.56 Å². The van der Waals surface area contributed by atoms with E-state index in [1.807, 2.05) is 0 Å². The first kappa shape index (κ1) is 16.5. The van der Waals surface area contributed by atoms with Crippen molar-refractivity contribution >= 4 is 17.5 Å². The summed E-state index contributed by atoms with van der Waals surface area (Å²) in [5, 5.41) is 5.02. The predicted octanol–water partition coefficient (Wildman–Crippen LogP) is 3.32. The molecule has 2 rings (SSSR count). The van der Waals surface area contributed by atoms with Crippen LogP contribution in [0.2, 0.25) is 0 Å². The molecule has 2 aromatic rings. The van der Waals surface area contributed by atoms with Crippen LogP contribution in [-0.4, -0.2) is 18.9 Å². The summed E-state index contributed by atoms with van der Waals surface area (Å²) in [4.78, 5) is 23.4. The maximum absolute atomic E-state index is 12.5. The molecule has 23 heavy (non-hydrogen) atoms. The quantitative estimate of drug-likeness (QED) is 0.911. The smallest absolute Gasteiger partial charge is 0.355 e. The molecule has 0 saturated carbocycles. The lowest BCUT2D eigenvalue weighted by atomic mass is 10.1. The van der Waals surface area contributed by atoms with E-state index < -0.39 is 17.6 Å². The van der Waals surface area contributed by atoms with Crippen LogP contribution in [-0.2, 0) is 6.18 Å². The van der Waals surface area contributed by atoms with E-state index in [0.29, 0.717) is 11.3 Å². The van der Waals surface area contributed by atoms with Gasteiger partial charge in [0.1, 0.15) is 0 Å². The molecule has 0 aliphatic heterocycles. The Bertz CT molecular complexity index is 708. The molecular weight excluding hydrogens is 309 g/mol. The minimum Gasteiger partial charge on any atom is -0.355 e. The van der Waals surface area contributed by atoms with Crippen molar-refractivity contribution < 1.29 is 22.8 Å². The van der Waals surface area contributed by atoms with Crippen molar-refractivity contribution in [3.8, 4) is 0 Å². The summed E-state index contributed by atoms with van der Waals surface area (Å²) >= 11 is 0. The molecule has 0 atom stereocenters. The van der Waals surface area contributed by atoms with Crippen LogP contribution in [0, 0.1) is 0 Å². The van der Waals surface area contributed by atoms with E-state index in [1.165, 1.54) is 31.3 Å². The lowest BCUT2D eigenvalue weighted by molar-refractivity contribution is -0.137. The van der Waals surface area contributed by atoms with Crippen LogP contribution in [0.4, 0.5) is 18.9 Å². The molecule has 0 fully saturated rings. The summed E-state index contributed by atoms with van der Waals surface area (Å²) in [6, 6.07) is 10.0. The van der Waals surface area contributed by atoms with Crippen molar-refractivity contribution in [2.24, 2.45) is 0 Å². The molecule has 2 N–H and O–H groups in total. The van der Waals surface area contributed by atoms with Gasteiger partial charge in [-0.25, -0.2) is 0 Å². The molecule has 0 unspecified atom stereocenters. The number of alkyl halides is 3. The first-order valence-electron chi connectivity index (χ1n) is 6.62. The Morgan fingerprint density at radius 1 is 0.826 bits per heavy atom. The number of benzene rings is 2. The Hall–Kier alpha value is -2.83. The highest BCUT2D eigenvalue weighted by Gasteiger charge is 2.30. The van der Waals surface area contributed by atoms with Crippen molar-refractivity contribution in [3.63, 3.8) is 0 Å². The number of hydrogen-bond acceptors (Lipinski definition) is 2. The maximum Gasteiger partial charge on any atom is 0.416 e. The van der Waals surface area contributed by atoms with Crippen molar-refractivity contribution in [3.05, 3.63) is 65.2 Å². The van der Waals surface area contributed by atoms with Gasteiger partial charge in [0.25, 0.3) is 11.8 Å². The molecule has 0 aromatic heterocycles. The van der Waals surface area contributed by atoms with Gasteiger partial charge in [-0.1, -0.05) is 0 Å². The summed E-state index contributed by atoms with van der Waals surface area (Å²) in [5.41, 5.74) is 0.153. The summed E-state index contributed by atoms with van der Waals surface area (Å²) < 4.78 is 37.4. The van der Waals surface area contributed by atoms with Gasteiger partial charge in [-0.3, -0.25) is 9.59 Å². The van der Waals surface area contributed by atoms with Gasteiger partial charge in [0.15, 0.2) is 0 Å². The topological polar surface area (TPSA) is 58.2 Å². The van der Waals surface area contributed by atoms with Crippen LogP contribution in [0.3, 0.4) is 0 Å². The number of hydrogen-bond donors (Lipinski definition) is 2. The fourth-order valence-electron chi connectivity index (χ4n) is 1.86. The molecule has 0 aliphatic rings. The molecule has 4 nitrogen and oxygen atoms in total. The zero-order chi connectivity index (χ0) is 17.0. The molecule has 2 amide bonds. The lowest BCUT2D eigenvalue weighted by Gasteiger charge is -2.09. The minimum absolute atomic E-state index is 0.105. The Kier molecular flexibility index (Phi) is 4.68. The summed E-state index contributed by atoms with van der Waals surface area (Å²) in [7, 11) is 1.50. The largest absolute Gasteiger partial charge is 0.416 e. The van der Waals surface area contributed by atoms with Crippen LogP contribution in [0.1, 0.15) is 26.3 Å². The van der Waals surface area contributed by atoms with E-state index in [2.05, 4.69) is 10.6 Å². The van der Waals surface area contributed by atoms with Crippen LogP contribution in [0.25, 0.3) is 0 Å². The van der Waals surface area contributed by atoms with Gasteiger partial charge < -0.3 is 10.6 Å². The normalized spacial score (nSPS) is 11.0. The van der Waals surface area contributed by atoms with Gasteiger partial charge in [-0.05, 0) is 48.5 Å². The molecule has 2 aromatic carbocycles. The molecule has 0 saturated heterocycles. The standard InChI is InChI=1S/C16H13F3N2O2/c1-20-14(22)10-4-8-13(9-5-10)21-15(23)11-2-6-12(7-3-11)16(17,18)19/h2-9H,1H3,(H,20,22)(H,21,23). The third kappa shape index (κ3) is 4.09. The van der Waals surface area contributed by atoms with Crippen LogP contribution >= 0.6 is 0 Å². The van der Waals surface area contributed by atoms with Gasteiger partial charge in [0.2, 0.25) is 0 Å². The first-order valence-corrected chi connectivity index (χ1v) is 6.62. The number of halogens is 3. The number of nitrogens with one attached hydrogen (secondary N) is 2. The van der Waals surface area contributed by atoms with E-state index >= 15 is 0 Å². The third-order valence-corrected chi connectivity index (χ3v) is 3.11. The summed E-state index contributed by atoms with van der Waals surface area (Å²) in [6.07, 6.45) is -4.44. The number of rotatable bonds is 3. The second-order valence-electron chi connectivity index (χ2n) is 4.69. The Labute approximate surface area is 130 Å².